The molecule has 0 aromatic heterocycles. The number of methoxy groups -OCH3 is 1. The first-order chi connectivity index (χ1) is 13.3. The molecule has 2 aromatic rings. The topological polar surface area (TPSA) is 64.6 Å². The minimum Gasteiger partial charge on any atom is -0.497 e. The lowest BCUT2D eigenvalue weighted by molar-refractivity contribution is -0.121. The minimum atomic E-state index is -0.155. The molecule has 0 fully saturated rings. The Bertz CT molecular complexity index is 774. The molecule has 0 atom stereocenters. The average molecular weight is 383 g/mol. The van der Waals surface area contributed by atoms with Gasteiger partial charge in [0.1, 0.15) is 18.1 Å². The van der Waals surface area contributed by atoms with Crippen LogP contribution in [-0.4, -0.2) is 32.0 Å². The van der Waals surface area contributed by atoms with Crippen molar-refractivity contribution in [1.82, 2.24) is 5.32 Å². The van der Waals surface area contributed by atoms with E-state index >= 15 is 0 Å². The van der Waals surface area contributed by atoms with Crippen molar-refractivity contribution >= 4 is 11.7 Å². The summed E-state index contributed by atoms with van der Waals surface area (Å²) in [5.74, 6) is 1.30. The molecule has 0 unspecified atom stereocenters. The van der Waals surface area contributed by atoms with Gasteiger partial charge in [0.2, 0.25) is 5.91 Å². The number of ether oxygens (including phenoxy) is 2. The molecular weight excluding hydrogens is 354 g/mol. The van der Waals surface area contributed by atoms with Crippen molar-refractivity contribution in [2.45, 2.75) is 39.0 Å². The Morgan fingerprint density at radius 1 is 0.893 bits per heavy atom. The van der Waals surface area contributed by atoms with Crippen LogP contribution < -0.4 is 14.8 Å². The van der Waals surface area contributed by atoms with Gasteiger partial charge in [0.05, 0.1) is 13.7 Å². The second-order valence-corrected chi connectivity index (χ2v) is 7.62. The molecule has 0 aliphatic heterocycles. The molecule has 0 saturated heterocycles. The van der Waals surface area contributed by atoms with Crippen LogP contribution in [0.5, 0.6) is 11.5 Å². The zero-order chi connectivity index (χ0) is 20.6. The van der Waals surface area contributed by atoms with Crippen molar-refractivity contribution in [3.8, 4) is 11.5 Å². The molecule has 28 heavy (non-hydrogen) atoms. The maximum atomic E-state index is 12.3. The van der Waals surface area contributed by atoms with Gasteiger partial charge in [-0.05, 0) is 35.2 Å². The Balaban J connectivity index is 1.68. The minimum absolute atomic E-state index is 0.0231. The standard InChI is InChI=1S/C23H29NO4/c1-23(2,3)18-7-5-17(6-8-18)21(25)13-14-22(26)24-15-16-28-20-11-9-19(27-4)10-12-20/h5-12H,13-16H2,1-4H3,(H,24,26). The largest absolute Gasteiger partial charge is 0.497 e. The Morgan fingerprint density at radius 2 is 1.50 bits per heavy atom. The SMILES string of the molecule is COc1ccc(OCCNC(=O)CCC(=O)c2ccc(C(C)(C)C)cc2)cc1. The summed E-state index contributed by atoms with van der Waals surface area (Å²) in [6.45, 7) is 7.14. The summed E-state index contributed by atoms with van der Waals surface area (Å²) in [4.78, 5) is 24.2. The average Bonchev–Trinajstić information content (AvgIpc) is 2.69. The van der Waals surface area contributed by atoms with Gasteiger partial charge in [0.15, 0.2) is 5.78 Å². The summed E-state index contributed by atoms with van der Waals surface area (Å²) in [6.07, 6.45) is 0.364. The number of benzene rings is 2. The van der Waals surface area contributed by atoms with Crippen molar-refractivity contribution in [2.75, 3.05) is 20.3 Å². The molecule has 2 aromatic carbocycles. The van der Waals surface area contributed by atoms with Crippen molar-refractivity contribution in [3.05, 3.63) is 59.7 Å². The number of amides is 1. The van der Waals surface area contributed by atoms with Crippen LogP contribution in [0.25, 0.3) is 0 Å². The van der Waals surface area contributed by atoms with Gasteiger partial charge >= 0.3 is 0 Å². The lowest BCUT2D eigenvalue weighted by Crippen LogP contribution is -2.28. The van der Waals surface area contributed by atoms with E-state index in [0.29, 0.717) is 24.5 Å². The van der Waals surface area contributed by atoms with E-state index in [4.69, 9.17) is 9.47 Å². The Kier molecular flexibility index (Phi) is 7.61. The summed E-state index contributed by atoms with van der Waals surface area (Å²) in [6, 6.07) is 14.9. The van der Waals surface area contributed by atoms with Crippen molar-refractivity contribution in [3.63, 3.8) is 0 Å². The molecule has 0 aliphatic carbocycles. The number of carbonyl (C=O) groups is 2. The van der Waals surface area contributed by atoms with Gasteiger partial charge in [-0.3, -0.25) is 9.59 Å². The molecule has 0 bridgehead atoms. The summed E-state index contributed by atoms with van der Waals surface area (Å²) in [7, 11) is 1.61. The van der Waals surface area contributed by atoms with Crippen molar-refractivity contribution in [2.24, 2.45) is 0 Å². The molecule has 0 saturated carbocycles. The summed E-state index contributed by atoms with van der Waals surface area (Å²) < 4.78 is 10.6. The third-order valence-electron chi connectivity index (χ3n) is 4.40. The molecule has 1 amide bonds. The third kappa shape index (κ3) is 6.72. The molecule has 150 valence electrons. The lowest BCUT2D eigenvalue weighted by Gasteiger charge is -2.18. The zero-order valence-corrected chi connectivity index (χ0v) is 17.1. The molecule has 5 nitrogen and oxygen atoms in total. The maximum absolute atomic E-state index is 12.3. The van der Waals surface area contributed by atoms with Crippen molar-refractivity contribution in [1.29, 1.82) is 0 Å². The van der Waals surface area contributed by atoms with Crippen LogP contribution in [0, 0.1) is 0 Å². The molecular formula is C23H29NO4. The Morgan fingerprint density at radius 3 is 2.07 bits per heavy atom. The Labute approximate surface area is 167 Å². The fraction of sp³-hybridized carbons (Fsp3) is 0.391. The monoisotopic (exact) mass is 383 g/mol. The maximum Gasteiger partial charge on any atom is 0.220 e. The van der Waals surface area contributed by atoms with Gasteiger partial charge < -0.3 is 14.8 Å². The number of nitrogens with one attached hydrogen (secondary N) is 1. The van der Waals surface area contributed by atoms with Crippen LogP contribution in [0.3, 0.4) is 0 Å². The summed E-state index contributed by atoms with van der Waals surface area (Å²) >= 11 is 0. The van der Waals surface area contributed by atoms with E-state index in [2.05, 4.69) is 26.1 Å². The van der Waals surface area contributed by atoms with Crippen LogP contribution in [0.15, 0.2) is 48.5 Å². The number of ketones is 1. The normalized spacial score (nSPS) is 11.0. The van der Waals surface area contributed by atoms with Gasteiger partial charge in [-0.1, -0.05) is 45.0 Å². The van der Waals surface area contributed by atoms with Crippen LogP contribution in [0.2, 0.25) is 0 Å². The highest BCUT2D eigenvalue weighted by molar-refractivity contribution is 5.98. The smallest absolute Gasteiger partial charge is 0.220 e. The molecule has 0 heterocycles. The number of rotatable bonds is 9. The van der Waals surface area contributed by atoms with E-state index in [0.717, 1.165) is 5.75 Å². The fourth-order valence-electron chi connectivity index (χ4n) is 2.65. The van der Waals surface area contributed by atoms with E-state index in [1.54, 1.807) is 7.11 Å². The Hall–Kier alpha value is -2.82. The van der Waals surface area contributed by atoms with Crippen LogP contribution in [0.1, 0.15) is 49.5 Å². The number of Topliss-reactive ketones (excluding diaryl/α,β-unsaturated/α-hetero) is 1. The number of carbonyl (C=O) groups excluding carboxylic acids is 2. The van der Waals surface area contributed by atoms with E-state index in [1.165, 1.54) is 5.56 Å². The lowest BCUT2D eigenvalue weighted by atomic mass is 9.86. The molecule has 1 N–H and O–H groups in total. The molecule has 0 spiro atoms. The van der Waals surface area contributed by atoms with E-state index in [1.807, 2.05) is 48.5 Å². The fourth-order valence-corrected chi connectivity index (χ4v) is 2.65. The number of hydrogen-bond acceptors (Lipinski definition) is 4. The first-order valence-electron chi connectivity index (χ1n) is 9.47. The van der Waals surface area contributed by atoms with Gasteiger partial charge in [-0.25, -0.2) is 0 Å². The second kappa shape index (κ2) is 9.93. The molecule has 2 rings (SSSR count). The van der Waals surface area contributed by atoms with Gasteiger partial charge in [0, 0.05) is 18.4 Å². The zero-order valence-electron chi connectivity index (χ0n) is 17.1. The molecule has 5 heteroatoms. The highest BCUT2D eigenvalue weighted by Crippen LogP contribution is 2.22. The number of hydrogen-bond donors (Lipinski definition) is 1. The van der Waals surface area contributed by atoms with Crippen LogP contribution in [0.4, 0.5) is 0 Å². The second-order valence-electron chi connectivity index (χ2n) is 7.62. The van der Waals surface area contributed by atoms with E-state index < -0.39 is 0 Å². The predicted octanol–water partition coefficient (Wildman–Crippen LogP) is 4.15. The van der Waals surface area contributed by atoms with Crippen molar-refractivity contribution < 1.29 is 19.1 Å². The van der Waals surface area contributed by atoms with Crippen LogP contribution >= 0.6 is 0 Å². The predicted molar refractivity (Wildman–Crippen MR) is 110 cm³/mol. The third-order valence-corrected chi connectivity index (χ3v) is 4.40. The summed E-state index contributed by atoms with van der Waals surface area (Å²) in [5.41, 5.74) is 1.87. The quantitative estimate of drug-likeness (QED) is 0.522. The first kappa shape index (κ1) is 21.5. The van der Waals surface area contributed by atoms with Gasteiger partial charge in [-0.15, -0.1) is 0 Å². The molecule has 0 aliphatic rings. The first-order valence-corrected chi connectivity index (χ1v) is 9.47. The van der Waals surface area contributed by atoms with Gasteiger partial charge in [-0.2, -0.15) is 0 Å². The van der Waals surface area contributed by atoms with Gasteiger partial charge in [0.25, 0.3) is 0 Å². The van der Waals surface area contributed by atoms with E-state index in [-0.39, 0.29) is 29.9 Å². The highest BCUT2D eigenvalue weighted by atomic mass is 16.5. The van der Waals surface area contributed by atoms with E-state index in [9.17, 15) is 9.59 Å². The highest BCUT2D eigenvalue weighted by Gasteiger charge is 2.14. The molecule has 0 radical (unpaired) electrons. The van der Waals surface area contributed by atoms with Crippen LogP contribution in [-0.2, 0) is 10.2 Å². The summed E-state index contributed by atoms with van der Waals surface area (Å²) in [5, 5.41) is 2.77.